The molecule has 0 aliphatic carbocycles. The predicted octanol–water partition coefficient (Wildman–Crippen LogP) is 2.89. The van der Waals surface area contributed by atoms with Crippen LogP contribution in [-0.2, 0) is 6.54 Å². The maximum Gasteiger partial charge on any atom is 0.249 e. The first-order valence-corrected chi connectivity index (χ1v) is 7.51. The van der Waals surface area contributed by atoms with Crippen LogP contribution in [0, 0.1) is 6.92 Å². The fourth-order valence-electron chi connectivity index (χ4n) is 2.53. The first kappa shape index (κ1) is 15.7. The Morgan fingerprint density at radius 2 is 2.04 bits per heavy atom. The lowest BCUT2D eigenvalue weighted by atomic mass is 10.1. The van der Waals surface area contributed by atoms with Gasteiger partial charge in [0.25, 0.3) is 0 Å². The monoisotopic (exact) mass is 322 g/mol. The Hall–Kier alpha value is -3.15. The summed E-state index contributed by atoms with van der Waals surface area (Å²) in [6.07, 6.45) is 1.66. The largest absolute Gasteiger partial charge is 0.497 e. The number of rotatable bonds is 5. The summed E-state index contributed by atoms with van der Waals surface area (Å²) in [6, 6.07) is 9.26. The van der Waals surface area contributed by atoms with Gasteiger partial charge in [-0.15, -0.1) is 0 Å². The minimum Gasteiger partial charge on any atom is -0.497 e. The second kappa shape index (κ2) is 6.54. The van der Waals surface area contributed by atoms with E-state index in [2.05, 4.69) is 26.8 Å². The van der Waals surface area contributed by atoms with E-state index < -0.39 is 0 Å². The van der Waals surface area contributed by atoms with Gasteiger partial charge in [0.05, 0.1) is 12.8 Å². The Morgan fingerprint density at radius 3 is 2.71 bits per heavy atom. The number of aryl methyl sites for hydroxylation is 1. The van der Waals surface area contributed by atoms with Crippen molar-refractivity contribution in [2.75, 3.05) is 12.4 Å². The normalized spacial score (nSPS) is 10.6. The minimum atomic E-state index is -0.185. The Morgan fingerprint density at radius 1 is 1.29 bits per heavy atom. The minimum absolute atomic E-state index is 0.185. The number of ether oxygens (including phenoxy) is 1. The lowest BCUT2D eigenvalue weighted by molar-refractivity contribution is 0.414. The summed E-state index contributed by atoms with van der Waals surface area (Å²) >= 11 is 0. The lowest BCUT2D eigenvalue weighted by Gasteiger charge is -2.10. The van der Waals surface area contributed by atoms with Gasteiger partial charge in [-0.3, -0.25) is 4.79 Å². The maximum absolute atomic E-state index is 11.7. The van der Waals surface area contributed by atoms with Gasteiger partial charge in [-0.2, -0.15) is 4.98 Å². The molecule has 0 atom stereocenters. The average Bonchev–Trinajstić information content (AvgIpc) is 2.59. The number of nitrogens with one attached hydrogen (secondary N) is 2. The summed E-state index contributed by atoms with van der Waals surface area (Å²) in [4.78, 5) is 23.3. The first-order valence-electron chi connectivity index (χ1n) is 7.51. The molecule has 2 heterocycles. The van der Waals surface area contributed by atoms with Gasteiger partial charge in [-0.1, -0.05) is 18.7 Å². The second-order valence-electron chi connectivity index (χ2n) is 5.38. The van der Waals surface area contributed by atoms with Gasteiger partial charge in [0.15, 0.2) is 0 Å². The summed E-state index contributed by atoms with van der Waals surface area (Å²) in [6.45, 7) is 6.22. The fourth-order valence-corrected chi connectivity index (χ4v) is 2.53. The van der Waals surface area contributed by atoms with Crippen LogP contribution in [0.1, 0.15) is 16.8 Å². The quantitative estimate of drug-likeness (QED) is 0.755. The highest BCUT2D eigenvalue weighted by Gasteiger charge is 2.09. The van der Waals surface area contributed by atoms with Crippen LogP contribution >= 0.6 is 0 Å². The van der Waals surface area contributed by atoms with Gasteiger partial charge in [-0.05, 0) is 36.3 Å². The van der Waals surface area contributed by atoms with Crippen molar-refractivity contribution in [1.29, 1.82) is 0 Å². The standard InChI is InChI=1S/C18H18N4O2/c1-4-14-16-11(2)9-15(23)21-17(16)22-18(20-14)19-10-12-5-7-13(24-3)8-6-12/h4-9H,1,10H2,2-3H3,(H2,19,20,21,22,23). The molecule has 0 unspecified atom stereocenters. The van der Waals surface area contributed by atoms with Crippen molar-refractivity contribution in [3.63, 3.8) is 0 Å². The van der Waals surface area contributed by atoms with Gasteiger partial charge >= 0.3 is 0 Å². The molecular formula is C18H18N4O2. The van der Waals surface area contributed by atoms with Gasteiger partial charge in [-0.25, -0.2) is 4.98 Å². The molecule has 0 aliphatic rings. The Labute approximate surface area is 139 Å². The molecule has 0 spiro atoms. The van der Waals surface area contributed by atoms with Crippen LogP contribution in [0.2, 0.25) is 0 Å². The Bertz CT molecular complexity index is 946. The molecule has 2 N–H and O–H groups in total. The number of aromatic amines is 1. The number of hydrogen-bond donors (Lipinski definition) is 2. The van der Waals surface area contributed by atoms with Crippen LogP contribution in [0.15, 0.2) is 41.7 Å². The third-order valence-electron chi connectivity index (χ3n) is 3.72. The van der Waals surface area contributed by atoms with Crippen LogP contribution in [0.4, 0.5) is 5.95 Å². The van der Waals surface area contributed by atoms with Crippen LogP contribution < -0.4 is 15.6 Å². The number of methoxy groups -OCH3 is 1. The molecule has 6 heteroatoms. The van der Waals surface area contributed by atoms with Crippen LogP contribution in [0.3, 0.4) is 0 Å². The zero-order valence-electron chi connectivity index (χ0n) is 13.6. The average molecular weight is 322 g/mol. The highest BCUT2D eigenvalue weighted by molar-refractivity contribution is 5.86. The molecule has 0 saturated carbocycles. The molecule has 0 bridgehead atoms. The number of aromatic nitrogens is 3. The summed E-state index contributed by atoms with van der Waals surface area (Å²) < 4.78 is 5.14. The van der Waals surface area contributed by atoms with Crippen LogP contribution in [-0.4, -0.2) is 22.1 Å². The lowest BCUT2D eigenvalue weighted by Crippen LogP contribution is -2.10. The molecule has 24 heavy (non-hydrogen) atoms. The van der Waals surface area contributed by atoms with E-state index in [0.29, 0.717) is 23.8 Å². The number of nitrogens with zero attached hydrogens (tertiary/aromatic N) is 2. The first-order chi connectivity index (χ1) is 11.6. The maximum atomic E-state index is 11.7. The molecule has 0 fully saturated rings. The van der Waals surface area contributed by atoms with Crippen LogP contribution in [0.25, 0.3) is 17.1 Å². The molecule has 2 aromatic heterocycles. The summed E-state index contributed by atoms with van der Waals surface area (Å²) in [5.74, 6) is 1.25. The number of benzene rings is 1. The molecule has 0 radical (unpaired) electrons. The predicted molar refractivity (Wildman–Crippen MR) is 95.3 cm³/mol. The van der Waals surface area contributed by atoms with Crippen molar-refractivity contribution < 1.29 is 4.74 Å². The van der Waals surface area contributed by atoms with E-state index in [4.69, 9.17) is 4.74 Å². The summed E-state index contributed by atoms with van der Waals surface area (Å²) in [7, 11) is 1.63. The third kappa shape index (κ3) is 3.12. The van der Waals surface area contributed by atoms with E-state index >= 15 is 0 Å². The molecule has 3 aromatic rings. The van der Waals surface area contributed by atoms with Gasteiger partial charge in [0.1, 0.15) is 11.4 Å². The van der Waals surface area contributed by atoms with Crippen molar-refractivity contribution in [2.45, 2.75) is 13.5 Å². The molecule has 3 rings (SSSR count). The van der Waals surface area contributed by atoms with Crippen molar-refractivity contribution >= 4 is 23.1 Å². The van der Waals surface area contributed by atoms with Crippen molar-refractivity contribution in [1.82, 2.24) is 15.0 Å². The van der Waals surface area contributed by atoms with Gasteiger partial charge < -0.3 is 15.0 Å². The molecule has 122 valence electrons. The van der Waals surface area contributed by atoms with Gasteiger partial charge in [0.2, 0.25) is 11.5 Å². The molecule has 1 aromatic carbocycles. The number of pyridine rings is 1. The van der Waals surface area contributed by atoms with E-state index in [9.17, 15) is 4.79 Å². The van der Waals surface area contributed by atoms with E-state index in [1.165, 1.54) is 6.07 Å². The molecule has 0 saturated heterocycles. The number of hydrogen-bond acceptors (Lipinski definition) is 5. The zero-order valence-corrected chi connectivity index (χ0v) is 13.6. The third-order valence-corrected chi connectivity index (χ3v) is 3.72. The second-order valence-corrected chi connectivity index (χ2v) is 5.38. The topological polar surface area (TPSA) is 79.9 Å². The Balaban J connectivity index is 1.91. The smallest absolute Gasteiger partial charge is 0.249 e. The van der Waals surface area contributed by atoms with E-state index in [-0.39, 0.29) is 5.56 Å². The zero-order chi connectivity index (χ0) is 17.1. The SMILES string of the molecule is C=Cc1nc(NCc2ccc(OC)cc2)nc2[nH]c(=O)cc(C)c12. The summed E-state index contributed by atoms with van der Waals surface area (Å²) in [5, 5.41) is 3.98. The number of H-pyrrole nitrogens is 1. The van der Waals surface area contributed by atoms with Crippen molar-refractivity contribution in [2.24, 2.45) is 0 Å². The summed E-state index contributed by atoms with van der Waals surface area (Å²) in [5.41, 5.74) is 2.89. The molecule has 0 amide bonds. The number of anilines is 1. The molecular weight excluding hydrogens is 304 g/mol. The van der Waals surface area contributed by atoms with E-state index in [0.717, 1.165) is 22.3 Å². The van der Waals surface area contributed by atoms with Crippen molar-refractivity contribution in [3.8, 4) is 5.75 Å². The van der Waals surface area contributed by atoms with E-state index in [1.807, 2.05) is 31.2 Å². The van der Waals surface area contributed by atoms with Crippen molar-refractivity contribution in [3.05, 3.63) is 64.1 Å². The molecule has 6 nitrogen and oxygen atoms in total. The van der Waals surface area contributed by atoms with E-state index in [1.54, 1.807) is 13.2 Å². The molecule has 0 aliphatic heterocycles. The highest BCUT2D eigenvalue weighted by Crippen LogP contribution is 2.20. The Kier molecular flexibility index (Phi) is 4.29. The number of fused-ring (bicyclic) bond motifs is 1. The highest BCUT2D eigenvalue weighted by atomic mass is 16.5. The van der Waals surface area contributed by atoms with Crippen LogP contribution in [0.5, 0.6) is 5.75 Å². The fraction of sp³-hybridized carbons (Fsp3) is 0.167. The van der Waals surface area contributed by atoms with Gasteiger partial charge in [0, 0.05) is 18.0 Å².